The maximum absolute atomic E-state index is 14.0. The Bertz CT molecular complexity index is 1810. The monoisotopic (exact) mass is 622 g/mol. The Hall–Kier alpha value is -3.66. The Labute approximate surface area is 240 Å². The molecule has 4 aromatic rings. The van der Waals surface area contributed by atoms with Crippen molar-refractivity contribution in [1.29, 1.82) is 0 Å². The van der Waals surface area contributed by atoms with Crippen LogP contribution in [0.5, 0.6) is 11.5 Å². The zero-order chi connectivity index (χ0) is 27.1. The summed E-state index contributed by atoms with van der Waals surface area (Å²) in [5.74, 6) is 0.704. The first-order valence-electron chi connectivity index (χ1n) is 12.1. The van der Waals surface area contributed by atoms with Gasteiger partial charge in [-0.05, 0) is 48.4 Å². The van der Waals surface area contributed by atoms with E-state index in [2.05, 4.69) is 15.9 Å². The number of hydrogen-bond acceptors (Lipinski definition) is 7. The van der Waals surface area contributed by atoms with Crippen LogP contribution in [0, 0.1) is 0 Å². The van der Waals surface area contributed by atoms with E-state index < -0.39 is 12.0 Å². The van der Waals surface area contributed by atoms with Crippen LogP contribution in [0.15, 0.2) is 86.6 Å². The van der Waals surface area contributed by atoms with Crippen molar-refractivity contribution in [2.75, 3.05) is 13.4 Å². The highest BCUT2D eigenvalue weighted by molar-refractivity contribution is 9.10. The Morgan fingerprint density at radius 3 is 2.59 bits per heavy atom. The molecule has 0 aliphatic carbocycles. The number of nitrogens with zero attached hydrogens (tertiary/aromatic N) is 2. The molecule has 39 heavy (non-hydrogen) atoms. The lowest BCUT2D eigenvalue weighted by atomic mass is 9.93. The van der Waals surface area contributed by atoms with Crippen LogP contribution in [0.3, 0.4) is 0 Å². The standard InChI is InChI=1S/C29H20BrClN2O5S/c1-2-36-28(35)24-25(16-6-4-3-5-7-16)32-29-33(26(24)17-8-10-19(31)11-9-17)27(34)23(39-29)13-18-12-21-22(14-20(18)30)38-15-37-21/h3-14,26H,2,15H2,1H3/b23-13-/t26-/m0/s1. The molecule has 0 fully saturated rings. The van der Waals surface area contributed by atoms with Crippen LogP contribution in [0.25, 0.3) is 11.8 Å². The lowest BCUT2D eigenvalue weighted by molar-refractivity contribution is -0.138. The molecule has 7 nitrogen and oxygen atoms in total. The number of fused-ring (bicyclic) bond motifs is 2. The van der Waals surface area contributed by atoms with Crippen molar-refractivity contribution in [2.45, 2.75) is 13.0 Å². The molecule has 2 aliphatic heterocycles. The summed E-state index contributed by atoms with van der Waals surface area (Å²) >= 11 is 11.0. The van der Waals surface area contributed by atoms with Crippen molar-refractivity contribution in [3.63, 3.8) is 0 Å². The number of carbonyl (C=O) groups excluding carboxylic acids is 1. The molecule has 3 heterocycles. The maximum atomic E-state index is 14.0. The minimum atomic E-state index is -0.768. The van der Waals surface area contributed by atoms with Crippen LogP contribution < -0.4 is 24.4 Å². The van der Waals surface area contributed by atoms with Crippen LogP contribution in [0.1, 0.15) is 29.7 Å². The third-order valence-electron chi connectivity index (χ3n) is 6.34. The molecule has 3 aromatic carbocycles. The summed E-state index contributed by atoms with van der Waals surface area (Å²) in [6.07, 6.45) is 1.78. The summed E-state index contributed by atoms with van der Waals surface area (Å²) < 4.78 is 19.2. The first-order chi connectivity index (χ1) is 18.9. The Balaban J connectivity index is 1.63. The van der Waals surface area contributed by atoms with E-state index in [9.17, 15) is 9.59 Å². The molecule has 1 aromatic heterocycles. The molecule has 0 spiro atoms. The van der Waals surface area contributed by atoms with Gasteiger partial charge in [-0.15, -0.1) is 0 Å². The van der Waals surface area contributed by atoms with Crippen molar-refractivity contribution in [2.24, 2.45) is 4.99 Å². The van der Waals surface area contributed by atoms with Gasteiger partial charge in [0.1, 0.15) is 0 Å². The minimum absolute atomic E-state index is 0.146. The Morgan fingerprint density at radius 1 is 1.15 bits per heavy atom. The summed E-state index contributed by atoms with van der Waals surface area (Å²) in [5.41, 5.74) is 2.68. The molecule has 10 heteroatoms. The van der Waals surface area contributed by atoms with Crippen molar-refractivity contribution in [3.05, 3.63) is 118 Å². The summed E-state index contributed by atoms with van der Waals surface area (Å²) in [4.78, 5) is 32.8. The number of aromatic nitrogens is 1. The highest BCUT2D eigenvalue weighted by Gasteiger charge is 2.35. The van der Waals surface area contributed by atoms with E-state index >= 15 is 0 Å². The molecule has 0 N–H and O–H groups in total. The van der Waals surface area contributed by atoms with Gasteiger partial charge >= 0.3 is 5.97 Å². The molecular weight excluding hydrogens is 604 g/mol. The second-order valence-electron chi connectivity index (χ2n) is 8.71. The number of benzene rings is 3. The van der Waals surface area contributed by atoms with E-state index in [0.717, 1.165) is 15.6 Å². The fourth-order valence-electron chi connectivity index (χ4n) is 4.59. The molecule has 0 radical (unpaired) electrons. The zero-order valence-electron chi connectivity index (χ0n) is 20.5. The number of rotatable bonds is 5. The molecule has 2 aliphatic rings. The molecule has 0 saturated heterocycles. The van der Waals surface area contributed by atoms with Crippen LogP contribution in [-0.4, -0.2) is 23.9 Å². The van der Waals surface area contributed by atoms with Crippen LogP contribution in [-0.2, 0) is 9.53 Å². The molecular formula is C29H20BrClN2O5S. The number of thiazole rings is 1. The van der Waals surface area contributed by atoms with Gasteiger partial charge in [0.2, 0.25) is 6.79 Å². The summed E-state index contributed by atoms with van der Waals surface area (Å²) in [5, 5.41) is 0.545. The number of hydrogen-bond donors (Lipinski definition) is 0. The van der Waals surface area contributed by atoms with Gasteiger partial charge in [0.25, 0.3) is 5.56 Å². The van der Waals surface area contributed by atoms with Gasteiger partial charge in [0, 0.05) is 15.1 Å². The third-order valence-corrected chi connectivity index (χ3v) is 8.26. The average molecular weight is 624 g/mol. The average Bonchev–Trinajstić information content (AvgIpc) is 3.52. The van der Waals surface area contributed by atoms with Gasteiger partial charge in [-0.25, -0.2) is 9.79 Å². The summed E-state index contributed by atoms with van der Waals surface area (Å²) in [6.45, 7) is 2.07. The fraction of sp³-hybridized carbons (Fsp3) is 0.138. The fourth-order valence-corrected chi connectivity index (χ4v) is 6.14. The molecule has 196 valence electrons. The lowest BCUT2D eigenvalue weighted by Crippen LogP contribution is -2.40. The Kier molecular flexibility index (Phi) is 6.88. The van der Waals surface area contributed by atoms with Crippen LogP contribution in [0.2, 0.25) is 5.02 Å². The predicted molar refractivity (Wildman–Crippen MR) is 153 cm³/mol. The molecule has 0 amide bonds. The van der Waals surface area contributed by atoms with Crippen LogP contribution in [0.4, 0.5) is 0 Å². The van der Waals surface area contributed by atoms with Gasteiger partial charge in [-0.1, -0.05) is 81.3 Å². The van der Waals surface area contributed by atoms with E-state index in [1.54, 1.807) is 29.7 Å². The van der Waals surface area contributed by atoms with Crippen LogP contribution >= 0.6 is 38.9 Å². The van der Waals surface area contributed by atoms with E-state index in [4.69, 9.17) is 30.8 Å². The zero-order valence-corrected chi connectivity index (χ0v) is 23.7. The third kappa shape index (κ3) is 4.71. The van der Waals surface area contributed by atoms with E-state index in [1.165, 1.54) is 11.3 Å². The van der Waals surface area contributed by atoms with Crippen molar-refractivity contribution < 1.29 is 19.0 Å². The van der Waals surface area contributed by atoms with Gasteiger partial charge in [0.05, 0.1) is 28.5 Å². The lowest BCUT2D eigenvalue weighted by Gasteiger charge is -2.25. The van der Waals surface area contributed by atoms with E-state index in [-0.39, 0.29) is 24.5 Å². The quantitative estimate of drug-likeness (QED) is 0.290. The molecule has 6 rings (SSSR count). The molecule has 0 unspecified atom stereocenters. The number of esters is 1. The topological polar surface area (TPSA) is 79.1 Å². The van der Waals surface area contributed by atoms with E-state index in [0.29, 0.717) is 37.1 Å². The minimum Gasteiger partial charge on any atom is -0.463 e. The summed E-state index contributed by atoms with van der Waals surface area (Å²) in [6, 6.07) is 19.4. The highest BCUT2D eigenvalue weighted by Crippen LogP contribution is 2.38. The number of carbonyl (C=O) groups is 1. The normalized spacial score (nSPS) is 16.2. The largest absolute Gasteiger partial charge is 0.463 e. The Morgan fingerprint density at radius 2 is 1.87 bits per heavy atom. The summed E-state index contributed by atoms with van der Waals surface area (Å²) in [7, 11) is 0. The SMILES string of the molecule is CCOC(=O)C1=C(c2ccccc2)N=c2s/c(=C\c3cc4c(cc3Br)OCO4)c(=O)n2[C@H]1c1ccc(Cl)cc1. The number of halogens is 2. The highest BCUT2D eigenvalue weighted by atomic mass is 79.9. The second-order valence-corrected chi connectivity index (χ2v) is 11.0. The van der Waals surface area contributed by atoms with E-state index in [1.807, 2.05) is 54.6 Å². The van der Waals surface area contributed by atoms with Gasteiger partial charge < -0.3 is 14.2 Å². The predicted octanol–water partition coefficient (Wildman–Crippen LogP) is 5.08. The maximum Gasteiger partial charge on any atom is 0.338 e. The van der Waals surface area contributed by atoms with Crippen molar-refractivity contribution in [3.8, 4) is 11.5 Å². The van der Waals surface area contributed by atoms with Crippen molar-refractivity contribution in [1.82, 2.24) is 4.57 Å². The van der Waals surface area contributed by atoms with Crippen molar-refractivity contribution >= 4 is 56.6 Å². The second kappa shape index (κ2) is 10.5. The van der Waals surface area contributed by atoms with Gasteiger partial charge in [-0.2, -0.15) is 0 Å². The smallest absolute Gasteiger partial charge is 0.338 e. The van der Waals surface area contributed by atoms with Gasteiger partial charge in [0.15, 0.2) is 16.3 Å². The molecule has 0 saturated carbocycles. The first-order valence-corrected chi connectivity index (χ1v) is 14.1. The first kappa shape index (κ1) is 25.6. The molecule has 1 atom stereocenters. The number of ether oxygens (including phenoxy) is 3. The molecule has 0 bridgehead atoms. The van der Waals surface area contributed by atoms with Gasteiger partial charge in [-0.3, -0.25) is 9.36 Å².